The molecule has 0 aliphatic carbocycles. The molecule has 2 heterocycles. The molecular formula is C23H26N4O2S. The van der Waals surface area contributed by atoms with Gasteiger partial charge in [-0.15, -0.1) is 0 Å². The smallest absolute Gasteiger partial charge is 0.240 e. The lowest BCUT2D eigenvalue weighted by molar-refractivity contribution is 0.581. The van der Waals surface area contributed by atoms with Crippen LogP contribution in [-0.4, -0.2) is 39.6 Å². The molecule has 0 spiro atoms. The van der Waals surface area contributed by atoms with Gasteiger partial charge in [0.1, 0.15) is 0 Å². The molecule has 1 aromatic heterocycles. The average Bonchev–Trinajstić information content (AvgIpc) is 2.79. The van der Waals surface area contributed by atoms with E-state index in [-0.39, 0.29) is 11.4 Å². The first-order valence-electron chi connectivity index (χ1n) is 10.1. The van der Waals surface area contributed by atoms with Crippen molar-refractivity contribution in [3.05, 3.63) is 84.2 Å². The maximum Gasteiger partial charge on any atom is 0.240 e. The van der Waals surface area contributed by atoms with E-state index in [1.54, 1.807) is 24.3 Å². The van der Waals surface area contributed by atoms with Crippen LogP contribution < -0.4 is 14.5 Å². The van der Waals surface area contributed by atoms with Crippen LogP contribution in [0.25, 0.3) is 0 Å². The van der Waals surface area contributed by atoms with Gasteiger partial charge in [0.25, 0.3) is 0 Å². The fourth-order valence-electron chi connectivity index (χ4n) is 3.58. The molecule has 1 saturated heterocycles. The Labute approximate surface area is 178 Å². The molecule has 0 amide bonds. The van der Waals surface area contributed by atoms with Gasteiger partial charge in [0, 0.05) is 56.5 Å². The molecule has 156 valence electrons. The normalized spacial score (nSPS) is 14.7. The van der Waals surface area contributed by atoms with Gasteiger partial charge in [0.05, 0.1) is 4.90 Å². The summed E-state index contributed by atoms with van der Waals surface area (Å²) in [6.07, 6.45) is 3.65. The maximum absolute atomic E-state index is 12.5. The van der Waals surface area contributed by atoms with Gasteiger partial charge < -0.3 is 9.80 Å². The van der Waals surface area contributed by atoms with Crippen molar-refractivity contribution < 1.29 is 8.42 Å². The Hall–Kier alpha value is -2.90. The molecular weight excluding hydrogens is 396 g/mol. The Morgan fingerprint density at radius 2 is 1.33 bits per heavy atom. The van der Waals surface area contributed by atoms with Gasteiger partial charge in [-0.05, 0) is 48.9 Å². The first-order valence-corrected chi connectivity index (χ1v) is 11.5. The van der Waals surface area contributed by atoms with E-state index in [0.29, 0.717) is 0 Å². The Kier molecular flexibility index (Phi) is 6.01. The standard InChI is InChI=1S/C23H26N4O2S/c1-19-2-8-23(9-3-19)30(28,29)25-18-20-4-6-21(7-5-20)26-14-16-27(17-15-26)22-10-12-24-13-11-22/h2-13,25H,14-18H2,1H3. The zero-order chi connectivity index (χ0) is 21.0. The van der Waals surface area contributed by atoms with Crippen molar-refractivity contribution in [2.45, 2.75) is 18.4 Å². The predicted molar refractivity (Wildman–Crippen MR) is 120 cm³/mol. The first kappa shape index (κ1) is 20.4. The molecule has 3 aromatic rings. The zero-order valence-corrected chi connectivity index (χ0v) is 17.8. The lowest BCUT2D eigenvalue weighted by Crippen LogP contribution is -2.46. The van der Waals surface area contributed by atoms with E-state index < -0.39 is 10.0 Å². The van der Waals surface area contributed by atoms with E-state index in [4.69, 9.17) is 0 Å². The molecule has 1 aliphatic rings. The highest BCUT2D eigenvalue weighted by atomic mass is 32.2. The summed E-state index contributed by atoms with van der Waals surface area (Å²) in [5.74, 6) is 0. The van der Waals surface area contributed by atoms with Crippen molar-refractivity contribution in [3.8, 4) is 0 Å². The van der Waals surface area contributed by atoms with Gasteiger partial charge in [-0.1, -0.05) is 29.8 Å². The number of hydrogen-bond acceptors (Lipinski definition) is 5. The van der Waals surface area contributed by atoms with Crippen LogP contribution in [0.3, 0.4) is 0 Å². The van der Waals surface area contributed by atoms with Crippen LogP contribution in [0, 0.1) is 6.92 Å². The number of nitrogens with one attached hydrogen (secondary N) is 1. The van der Waals surface area contributed by atoms with Crippen LogP contribution in [0.5, 0.6) is 0 Å². The highest BCUT2D eigenvalue weighted by Crippen LogP contribution is 2.21. The summed E-state index contributed by atoms with van der Waals surface area (Å²) in [6, 6.07) is 19.1. The highest BCUT2D eigenvalue weighted by Gasteiger charge is 2.18. The first-order chi connectivity index (χ1) is 14.5. The number of pyridine rings is 1. The molecule has 30 heavy (non-hydrogen) atoms. The molecule has 6 nitrogen and oxygen atoms in total. The molecule has 0 bridgehead atoms. The van der Waals surface area contributed by atoms with Crippen molar-refractivity contribution >= 4 is 21.4 Å². The van der Waals surface area contributed by atoms with E-state index in [2.05, 4.69) is 31.6 Å². The van der Waals surface area contributed by atoms with Gasteiger partial charge in [0.15, 0.2) is 0 Å². The van der Waals surface area contributed by atoms with E-state index in [1.165, 1.54) is 5.69 Å². The summed E-state index contributed by atoms with van der Waals surface area (Å²) in [4.78, 5) is 9.10. The number of benzene rings is 2. The summed E-state index contributed by atoms with van der Waals surface area (Å²) in [5, 5.41) is 0. The number of aromatic nitrogens is 1. The predicted octanol–water partition coefficient (Wildman–Crippen LogP) is 3.20. The number of hydrogen-bond donors (Lipinski definition) is 1. The Morgan fingerprint density at radius 3 is 1.90 bits per heavy atom. The topological polar surface area (TPSA) is 65.5 Å². The Bertz CT molecular complexity index is 1060. The lowest BCUT2D eigenvalue weighted by Gasteiger charge is -2.37. The van der Waals surface area contributed by atoms with E-state index in [9.17, 15) is 8.42 Å². The van der Waals surface area contributed by atoms with E-state index in [1.807, 2.05) is 43.6 Å². The molecule has 1 N–H and O–H groups in total. The minimum absolute atomic E-state index is 0.270. The van der Waals surface area contributed by atoms with Crippen LogP contribution >= 0.6 is 0 Å². The number of sulfonamides is 1. The van der Waals surface area contributed by atoms with Gasteiger partial charge >= 0.3 is 0 Å². The minimum Gasteiger partial charge on any atom is -0.368 e. The Balaban J connectivity index is 1.33. The number of piperazine rings is 1. The van der Waals surface area contributed by atoms with Crippen molar-refractivity contribution in [2.24, 2.45) is 0 Å². The van der Waals surface area contributed by atoms with E-state index in [0.717, 1.165) is 43.0 Å². The molecule has 1 aliphatic heterocycles. The number of rotatable bonds is 6. The van der Waals surface area contributed by atoms with Crippen molar-refractivity contribution in [3.63, 3.8) is 0 Å². The lowest BCUT2D eigenvalue weighted by atomic mass is 10.1. The summed E-state index contributed by atoms with van der Waals surface area (Å²) in [6.45, 7) is 6.02. The molecule has 4 rings (SSSR count). The molecule has 1 fully saturated rings. The molecule has 0 radical (unpaired) electrons. The van der Waals surface area contributed by atoms with Crippen molar-refractivity contribution in [2.75, 3.05) is 36.0 Å². The molecule has 0 atom stereocenters. The number of anilines is 2. The second-order valence-electron chi connectivity index (χ2n) is 7.48. The van der Waals surface area contributed by atoms with Gasteiger partial charge in [-0.2, -0.15) is 0 Å². The largest absolute Gasteiger partial charge is 0.368 e. The quantitative estimate of drug-likeness (QED) is 0.661. The van der Waals surface area contributed by atoms with Crippen LogP contribution in [-0.2, 0) is 16.6 Å². The molecule has 7 heteroatoms. The van der Waals surface area contributed by atoms with Gasteiger partial charge in [-0.3, -0.25) is 4.98 Å². The van der Waals surface area contributed by atoms with Crippen LogP contribution in [0.1, 0.15) is 11.1 Å². The van der Waals surface area contributed by atoms with Crippen LogP contribution in [0.2, 0.25) is 0 Å². The van der Waals surface area contributed by atoms with Crippen molar-refractivity contribution in [1.82, 2.24) is 9.71 Å². The second-order valence-corrected chi connectivity index (χ2v) is 9.25. The second kappa shape index (κ2) is 8.85. The fourth-order valence-corrected chi connectivity index (χ4v) is 4.60. The minimum atomic E-state index is -3.51. The van der Waals surface area contributed by atoms with Crippen LogP contribution in [0.4, 0.5) is 11.4 Å². The summed E-state index contributed by atoms with van der Waals surface area (Å²) in [7, 11) is -3.51. The zero-order valence-electron chi connectivity index (χ0n) is 17.0. The SMILES string of the molecule is Cc1ccc(S(=O)(=O)NCc2ccc(N3CCN(c4ccncc4)CC3)cc2)cc1. The van der Waals surface area contributed by atoms with Crippen molar-refractivity contribution in [1.29, 1.82) is 0 Å². The third-order valence-corrected chi connectivity index (χ3v) is 6.82. The fraction of sp³-hybridized carbons (Fsp3) is 0.261. The highest BCUT2D eigenvalue weighted by molar-refractivity contribution is 7.89. The maximum atomic E-state index is 12.5. The molecule has 0 saturated carbocycles. The molecule has 0 unspecified atom stereocenters. The summed E-state index contributed by atoms with van der Waals surface area (Å²) < 4.78 is 27.6. The third-order valence-electron chi connectivity index (χ3n) is 5.41. The third kappa shape index (κ3) is 4.80. The van der Waals surface area contributed by atoms with Gasteiger partial charge in [-0.25, -0.2) is 13.1 Å². The number of nitrogens with zero attached hydrogens (tertiary/aromatic N) is 3. The Morgan fingerprint density at radius 1 is 0.800 bits per heavy atom. The van der Waals surface area contributed by atoms with E-state index >= 15 is 0 Å². The summed E-state index contributed by atoms with van der Waals surface area (Å²) in [5.41, 5.74) is 4.34. The average molecular weight is 423 g/mol. The van der Waals surface area contributed by atoms with Crippen LogP contribution in [0.15, 0.2) is 78.0 Å². The molecule has 2 aromatic carbocycles. The summed E-state index contributed by atoms with van der Waals surface area (Å²) >= 11 is 0. The monoisotopic (exact) mass is 422 g/mol. The number of aryl methyl sites for hydroxylation is 1. The van der Waals surface area contributed by atoms with Gasteiger partial charge in [0.2, 0.25) is 10.0 Å².